The predicted octanol–water partition coefficient (Wildman–Crippen LogP) is -0.237. The molecule has 0 bridgehead atoms. The quantitative estimate of drug-likeness (QED) is 0.305. The van der Waals surface area contributed by atoms with Crippen LogP contribution in [0.3, 0.4) is 0 Å². The Balaban J connectivity index is 3.76. The highest BCUT2D eigenvalue weighted by atomic mass is 16.7. The molecule has 0 rings (SSSR count). The second-order valence-corrected chi connectivity index (χ2v) is 1.64. The molecule has 0 aliphatic heterocycles. The third kappa shape index (κ3) is 2.70. The second-order valence-electron chi connectivity index (χ2n) is 1.64. The molecule has 0 saturated heterocycles. The number of Topliss-reactive ketones (excluding diaryl/α,β-unsaturated/α-hetero) is 1. The molecule has 0 saturated carbocycles. The predicted molar refractivity (Wildman–Crippen MR) is 33.5 cm³/mol. The SMILES string of the molecule is COC(OC)C(=O)CC=O. The van der Waals surface area contributed by atoms with Crippen LogP contribution in [0.15, 0.2) is 0 Å². The van der Waals surface area contributed by atoms with Crippen molar-refractivity contribution in [3.63, 3.8) is 0 Å². The summed E-state index contributed by atoms with van der Waals surface area (Å²) >= 11 is 0. The highest BCUT2D eigenvalue weighted by Gasteiger charge is 2.14. The Morgan fingerprint density at radius 1 is 1.50 bits per heavy atom. The fourth-order valence-electron chi connectivity index (χ4n) is 0.537. The van der Waals surface area contributed by atoms with Crippen molar-refractivity contribution in [2.24, 2.45) is 0 Å². The Morgan fingerprint density at radius 3 is 2.30 bits per heavy atom. The first-order chi connectivity index (χ1) is 4.76. The van der Waals surface area contributed by atoms with E-state index < -0.39 is 6.29 Å². The molecule has 0 heterocycles. The molecular formula is C6H10O4. The van der Waals surface area contributed by atoms with Crippen LogP contribution in [-0.4, -0.2) is 32.6 Å². The van der Waals surface area contributed by atoms with E-state index in [1.54, 1.807) is 0 Å². The van der Waals surface area contributed by atoms with Crippen molar-refractivity contribution in [2.75, 3.05) is 14.2 Å². The number of rotatable bonds is 5. The maximum absolute atomic E-state index is 10.7. The fourth-order valence-corrected chi connectivity index (χ4v) is 0.537. The van der Waals surface area contributed by atoms with Gasteiger partial charge in [-0.3, -0.25) is 4.79 Å². The number of hydrogen-bond donors (Lipinski definition) is 0. The number of methoxy groups -OCH3 is 2. The molecule has 0 radical (unpaired) electrons. The van der Waals surface area contributed by atoms with Crippen LogP contribution in [0.4, 0.5) is 0 Å². The van der Waals surface area contributed by atoms with Crippen molar-refractivity contribution in [1.82, 2.24) is 0 Å². The largest absolute Gasteiger partial charge is 0.349 e. The molecule has 10 heavy (non-hydrogen) atoms. The molecular weight excluding hydrogens is 136 g/mol. The van der Waals surface area contributed by atoms with Crippen LogP contribution >= 0.6 is 0 Å². The Hall–Kier alpha value is -0.740. The van der Waals surface area contributed by atoms with Gasteiger partial charge in [0.1, 0.15) is 6.29 Å². The van der Waals surface area contributed by atoms with E-state index in [4.69, 9.17) is 0 Å². The van der Waals surface area contributed by atoms with Gasteiger partial charge in [0.05, 0.1) is 6.42 Å². The minimum atomic E-state index is -0.898. The summed E-state index contributed by atoms with van der Waals surface area (Å²) in [6, 6.07) is 0. The van der Waals surface area contributed by atoms with Crippen molar-refractivity contribution in [1.29, 1.82) is 0 Å². The van der Waals surface area contributed by atoms with Crippen molar-refractivity contribution >= 4 is 12.1 Å². The molecule has 4 nitrogen and oxygen atoms in total. The van der Waals surface area contributed by atoms with Crippen molar-refractivity contribution in [2.45, 2.75) is 12.7 Å². The fraction of sp³-hybridized carbons (Fsp3) is 0.667. The van der Waals surface area contributed by atoms with Gasteiger partial charge in [0, 0.05) is 14.2 Å². The van der Waals surface area contributed by atoms with E-state index in [9.17, 15) is 9.59 Å². The first-order valence-electron chi connectivity index (χ1n) is 2.78. The van der Waals surface area contributed by atoms with Crippen LogP contribution < -0.4 is 0 Å². The van der Waals surface area contributed by atoms with E-state index in [1.807, 2.05) is 0 Å². The van der Waals surface area contributed by atoms with Gasteiger partial charge in [-0.25, -0.2) is 0 Å². The van der Waals surface area contributed by atoms with E-state index in [0.29, 0.717) is 6.29 Å². The van der Waals surface area contributed by atoms with Crippen LogP contribution in [0.5, 0.6) is 0 Å². The maximum Gasteiger partial charge on any atom is 0.217 e. The zero-order chi connectivity index (χ0) is 7.98. The molecule has 58 valence electrons. The molecule has 0 unspecified atom stereocenters. The van der Waals surface area contributed by atoms with Crippen LogP contribution in [0.25, 0.3) is 0 Å². The average Bonchev–Trinajstić information content (AvgIpc) is 1.91. The Morgan fingerprint density at radius 2 is 2.00 bits per heavy atom. The second kappa shape index (κ2) is 5.08. The molecule has 0 fully saturated rings. The molecule has 0 aliphatic carbocycles. The van der Waals surface area contributed by atoms with E-state index in [0.717, 1.165) is 0 Å². The lowest BCUT2D eigenvalue weighted by Crippen LogP contribution is -2.24. The summed E-state index contributed by atoms with van der Waals surface area (Å²) in [5.74, 6) is -0.361. The van der Waals surface area contributed by atoms with Gasteiger partial charge < -0.3 is 14.3 Å². The monoisotopic (exact) mass is 146 g/mol. The standard InChI is InChI=1S/C6H10O4/c1-9-6(10-2)5(8)3-4-7/h4,6H,3H2,1-2H3. The minimum Gasteiger partial charge on any atom is -0.349 e. The third-order valence-corrected chi connectivity index (χ3v) is 0.976. The molecule has 0 aliphatic rings. The summed E-state index contributed by atoms with van der Waals surface area (Å²) in [6.07, 6.45) is -0.537. The van der Waals surface area contributed by atoms with Crippen LogP contribution in [0.1, 0.15) is 6.42 Å². The first kappa shape index (κ1) is 9.26. The topological polar surface area (TPSA) is 52.6 Å². The van der Waals surface area contributed by atoms with Gasteiger partial charge in [0.15, 0.2) is 5.78 Å². The molecule has 4 heteroatoms. The lowest BCUT2D eigenvalue weighted by molar-refractivity contribution is -0.156. The van der Waals surface area contributed by atoms with E-state index in [2.05, 4.69) is 9.47 Å². The zero-order valence-electron chi connectivity index (χ0n) is 5.99. The summed E-state index contributed by atoms with van der Waals surface area (Å²) in [7, 11) is 2.69. The number of hydrogen-bond acceptors (Lipinski definition) is 4. The molecule has 0 aromatic heterocycles. The summed E-state index contributed by atoms with van der Waals surface area (Å²) in [6.45, 7) is 0. The molecule has 0 aromatic carbocycles. The number of carbonyl (C=O) groups excluding carboxylic acids is 2. The number of ether oxygens (including phenoxy) is 2. The Bertz CT molecular complexity index is 117. The van der Waals surface area contributed by atoms with Crippen LogP contribution in [0, 0.1) is 0 Å². The summed E-state index contributed by atoms with van der Waals surface area (Å²) in [5, 5.41) is 0. The zero-order valence-corrected chi connectivity index (χ0v) is 5.99. The molecule has 0 amide bonds. The highest BCUT2D eigenvalue weighted by Crippen LogP contribution is 1.94. The first-order valence-corrected chi connectivity index (χ1v) is 2.78. The van der Waals surface area contributed by atoms with Crippen LogP contribution in [0.2, 0.25) is 0 Å². The summed E-state index contributed by atoms with van der Waals surface area (Å²) < 4.78 is 9.17. The minimum absolute atomic E-state index is 0.160. The third-order valence-electron chi connectivity index (χ3n) is 0.976. The maximum atomic E-state index is 10.7. The van der Waals surface area contributed by atoms with E-state index in [-0.39, 0.29) is 12.2 Å². The smallest absolute Gasteiger partial charge is 0.217 e. The number of ketones is 1. The van der Waals surface area contributed by atoms with Crippen molar-refractivity contribution in [3.8, 4) is 0 Å². The lowest BCUT2D eigenvalue weighted by atomic mass is 10.3. The van der Waals surface area contributed by atoms with Gasteiger partial charge in [-0.1, -0.05) is 0 Å². The normalized spacial score (nSPS) is 9.90. The lowest BCUT2D eigenvalue weighted by Gasteiger charge is -2.08. The Labute approximate surface area is 59.1 Å². The van der Waals surface area contributed by atoms with E-state index in [1.165, 1.54) is 14.2 Å². The Kier molecular flexibility index (Phi) is 4.70. The molecule has 0 spiro atoms. The molecule has 0 atom stereocenters. The molecule has 0 N–H and O–H groups in total. The van der Waals surface area contributed by atoms with Crippen LogP contribution in [-0.2, 0) is 19.1 Å². The van der Waals surface area contributed by atoms with Gasteiger partial charge in [0.25, 0.3) is 0 Å². The van der Waals surface area contributed by atoms with Gasteiger partial charge in [-0.05, 0) is 0 Å². The van der Waals surface area contributed by atoms with Gasteiger partial charge in [-0.15, -0.1) is 0 Å². The van der Waals surface area contributed by atoms with Gasteiger partial charge in [0.2, 0.25) is 6.29 Å². The van der Waals surface area contributed by atoms with Crippen molar-refractivity contribution in [3.05, 3.63) is 0 Å². The van der Waals surface area contributed by atoms with E-state index >= 15 is 0 Å². The summed E-state index contributed by atoms with van der Waals surface area (Å²) in [4.78, 5) is 20.5. The van der Waals surface area contributed by atoms with Gasteiger partial charge in [-0.2, -0.15) is 0 Å². The number of carbonyl (C=O) groups is 2. The molecule has 0 aromatic rings. The average molecular weight is 146 g/mol. The summed E-state index contributed by atoms with van der Waals surface area (Å²) in [5.41, 5.74) is 0. The number of aldehydes is 1. The highest BCUT2D eigenvalue weighted by molar-refractivity contribution is 5.91. The van der Waals surface area contributed by atoms with Crippen molar-refractivity contribution < 1.29 is 19.1 Å². The van der Waals surface area contributed by atoms with Gasteiger partial charge >= 0.3 is 0 Å².